The topological polar surface area (TPSA) is 20.2 Å². The van der Waals surface area contributed by atoms with Crippen molar-refractivity contribution >= 4 is 27.7 Å². The van der Waals surface area contributed by atoms with Gasteiger partial charge in [-0.2, -0.15) is 0 Å². The van der Waals surface area contributed by atoms with Gasteiger partial charge in [-0.25, -0.2) is 0 Å². The fourth-order valence-corrected chi connectivity index (χ4v) is 3.47. The molecule has 2 aromatic carbocycles. The molecule has 0 unspecified atom stereocenters. The largest absolute Gasteiger partial charge is 0.389 e. The molecule has 21 heavy (non-hydrogen) atoms. The summed E-state index contributed by atoms with van der Waals surface area (Å²) in [6, 6.07) is 14.7. The Hall–Kier alpha value is -0.770. The second-order valence-electron chi connectivity index (χ2n) is 6.24. The molecule has 1 atom stereocenters. The molecular weight excluding hydrogens is 344 g/mol. The van der Waals surface area contributed by atoms with Crippen LogP contribution in [-0.4, -0.2) is 5.11 Å². The van der Waals surface area contributed by atoms with Gasteiger partial charge >= 0.3 is 0 Å². The summed E-state index contributed by atoms with van der Waals surface area (Å²) >= 11 is 5.31. The van der Waals surface area contributed by atoms with Gasteiger partial charge in [-0.05, 0) is 63.7 Å². The third-order valence-electron chi connectivity index (χ3n) is 3.39. The molecule has 2 aromatic rings. The Balaban J connectivity index is 2.19. The van der Waals surface area contributed by atoms with Crippen LogP contribution < -0.4 is 0 Å². The molecule has 0 fully saturated rings. The third kappa shape index (κ3) is 4.35. The number of aliphatic hydroxyl groups is 1. The summed E-state index contributed by atoms with van der Waals surface area (Å²) in [5.74, 6) is 0. The first-order valence-electron chi connectivity index (χ1n) is 7.03. The van der Waals surface area contributed by atoms with Gasteiger partial charge in [0.05, 0.1) is 6.10 Å². The predicted octanol–water partition coefficient (Wildman–Crippen LogP) is 5.95. The van der Waals surface area contributed by atoms with Crippen molar-refractivity contribution in [3.8, 4) is 0 Å². The zero-order valence-electron chi connectivity index (χ0n) is 12.9. The molecule has 1 N–H and O–H groups in total. The maximum absolute atomic E-state index is 9.61. The average molecular weight is 365 g/mol. The van der Waals surface area contributed by atoms with Crippen LogP contribution in [0.3, 0.4) is 0 Å². The number of rotatable bonds is 3. The van der Waals surface area contributed by atoms with Crippen molar-refractivity contribution in [2.24, 2.45) is 0 Å². The molecule has 0 aromatic heterocycles. The minimum atomic E-state index is -0.439. The van der Waals surface area contributed by atoms with Gasteiger partial charge in [0.15, 0.2) is 0 Å². The third-order valence-corrected chi connectivity index (χ3v) is 5.39. The number of halogens is 1. The van der Waals surface area contributed by atoms with Crippen LogP contribution in [0.2, 0.25) is 0 Å². The van der Waals surface area contributed by atoms with Crippen LogP contribution in [0, 0.1) is 0 Å². The van der Waals surface area contributed by atoms with Gasteiger partial charge in [-0.3, -0.25) is 0 Å². The Labute approximate surface area is 139 Å². The molecule has 0 aliphatic carbocycles. The van der Waals surface area contributed by atoms with Crippen molar-refractivity contribution in [1.82, 2.24) is 0 Å². The smallest absolute Gasteiger partial charge is 0.0762 e. The van der Waals surface area contributed by atoms with Gasteiger partial charge in [0.25, 0.3) is 0 Å². The van der Waals surface area contributed by atoms with E-state index in [2.05, 4.69) is 67.0 Å². The summed E-state index contributed by atoms with van der Waals surface area (Å²) in [4.78, 5) is 2.37. The number of hydrogen-bond donors (Lipinski definition) is 1. The van der Waals surface area contributed by atoms with Crippen molar-refractivity contribution in [2.45, 2.75) is 49.0 Å². The molecule has 0 aliphatic heterocycles. The van der Waals surface area contributed by atoms with Gasteiger partial charge in [0, 0.05) is 14.3 Å². The zero-order chi connectivity index (χ0) is 15.6. The predicted molar refractivity (Wildman–Crippen MR) is 94.0 cm³/mol. The van der Waals surface area contributed by atoms with Gasteiger partial charge in [-0.1, -0.05) is 50.7 Å². The van der Waals surface area contributed by atoms with Gasteiger partial charge in [0.1, 0.15) is 0 Å². The maximum atomic E-state index is 9.61. The Morgan fingerprint density at radius 1 is 1.05 bits per heavy atom. The summed E-state index contributed by atoms with van der Waals surface area (Å²) in [6.45, 7) is 8.45. The number of aliphatic hydroxyl groups excluding tert-OH is 1. The van der Waals surface area contributed by atoms with Gasteiger partial charge in [0.2, 0.25) is 0 Å². The van der Waals surface area contributed by atoms with Gasteiger partial charge < -0.3 is 5.11 Å². The lowest BCUT2D eigenvalue weighted by Gasteiger charge is -2.19. The highest BCUT2D eigenvalue weighted by molar-refractivity contribution is 9.10. The van der Waals surface area contributed by atoms with E-state index in [1.54, 1.807) is 18.7 Å². The molecule has 0 saturated carbocycles. The zero-order valence-corrected chi connectivity index (χ0v) is 15.3. The van der Waals surface area contributed by atoms with E-state index in [1.807, 2.05) is 12.1 Å². The summed E-state index contributed by atoms with van der Waals surface area (Å²) in [5, 5.41) is 9.61. The molecule has 0 spiro atoms. The fourth-order valence-electron chi connectivity index (χ4n) is 2.01. The van der Waals surface area contributed by atoms with Crippen molar-refractivity contribution in [1.29, 1.82) is 0 Å². The second kappa shape index (κ2) is 6.55. The SMILES string of the molecule is C[C@H](O)c1ccc(Sc2ccc(C(C)(C)C)cc2)c(Br)c1. The van der Waals surface area contributed by atoms with Crippen LogP contribution in [0.1, 0.15) is 44.9 Å². The molecule has 0 saturated heterocycles. The van der Waals surface area contributed by atoms with E-state index in [0.29, 0.717) is 0 Å². The standard InChI is InChI=1S/C18H21BrOS/c1-12(20)13-5-10-17(16(19)11-13)21-15-8-6-14(7-9-15)18(2,3)4/h5-12,20H,1-4H3/t12-/m0/s1. The molecule has 0 amide bonds. The highest BCUT2D eigenvalue weighted by Crippen LogP contribution is 2.35. The summed E-state index contributed by atoms with van der Waals surface area (Å²) < 4.78 is 1.02. The molecule has 1 nitrogen and oxygen atoms in total. The van der Waals surface area contributed by atoms with Crippen LogP contribution in [-0.2, 0) is 5.41 Å². The molecule has 112 valence electrons. The Morgan fingerprint density at radius 3 is 2.14 bits per heavy atom. The van der Waals surface area contributed by atoms with Crippen LogP contribution in [0.15, 0.2) is 56.7 Å². The minimum Gasteiger partial charge on any atom is -0.389 e. The van der Waals surface area contributed by atoms with E-state index in [1.165, 1.54) is 10.5 Å². The first kappa shape index (κ1) is 16.6. The monoisotopic (exact) mass is 364 g/mol. The first-order valence-corrected chi connectivity index (χ1v) is 8.64. The second-order valence-corrected chi connectivity index (χ2v) is 8.21. The lowest BCUT2D eigenvalue weighted by molar-refractivity contribution is 0.199. The molecule has 0 bridgehead atoms. The van der Waals surface area contributed by atoms with Crippen molar-refractivity contribution in [3.63, 3.8) is 0 Å². The fraction of sp³-hybridized carbons (Fsp3) is 0.333. The minimum absolute atomic E-state index is 0.183. The van der Waals surface area contributed by atoms with Crippen molar-refractivity contribution < 1.29 is 5.11 Å². The van der Waals surface area contributed by atoms with E-state index in [9.17, 15) is 5.11 Å². The quantitative estimate of drug-likeness (QED) is 0.725. The van der Waals surface area contributed by atoms with E-state index in [-0.39, 0.29) is 5.41 Å². The molecular formula is C18H21BrOS. The van der Waals surface area contributed by atoms with E-state index >= 15 is 0 Å². The first-order chi connectivity index (χ1) is 9.77. The lowest BCUT2D eigenvalue weighted by atomic mass is 9.87. The molecule has 0 radical (unpaired) electrons. The van der Waals surface area contributed by atoms with E-state index in [4.69, 9.17) is 0 Å². The summed E-state index contributed by atoms with van der Waals surface area (Å²) in [6.07, 6.45) is -0.439. The van der Waals surface area contributed by atoms with Gasteiger partial charge in [-0.15, -0.1) is 0 Å². The highest BCUT2D eigenvalue weighted by Gasteiger charge is 2.13. The van der Waals surface area contributed by atoms with Crippen LogP contribution >= 0.6 is 27.7 Å². The Morgan fingerprint density at radius 2 is 1.67 bits per heavy atom. The highest BCUT2D eigenvalue weighted by atomic mass is 79.9. The normalized spacial score (nSPS) is 13.2. The molecule has 3 heteroatoms. The van der Waals surface area contributed by atoms with Crippen LogP contribution in [0.5, 0.6) is 0 Å². The summed E-state index contributed by atoms with van der Waals surface area (Å²) in [7, 11) is 0. The average Bonchev–Trinajstić information content (AvgIpc) is 2.40. The summed E-state index contributed by atoms with van der Waals surface area (Å²) in [5.41, 5.74) is 2.45. The van der Waals surface area contributed by atoms with E-state index < -0.39 is 6.10 Å². The van der Waals surface area contributed by atoms with Crippen LogP contribution in [0.4, 0.5) is 0 Å². The van der Waals surface area contributed by atoms with Crippen molar-refractivity contribution in [3.05, 3.63) is 58.1 Å². The number of benzene rings is 2. The molecule has 2 rings (SSSR count). The number of hydrogen-bond acceptors (Lipinski definition) is 2. The molecule has 0 heterocycles. The van der Waals surface area contributed by atoms with Crippen molar-refractivity contribution in [2.75, 3.05) is 0 Å². The maximum Gasteiger partial charge on any atom is 0.0762 e. The lowest BCUT2D eigenvalue weighted by Crippen LogP contribution is -2.10. The molecule has 0 aliphatic rings. The van der Waals surface area contributed by atoms with Crippen LogP contribution in [0.25, 0.3) is 0 Å². The Bertz CT molecular complexity index is 612. The Kier molecular flexibility index (Phi) is 5.18. The van der Waals surface area contributed by atoms with E-state index in [0.717, 1.165) is 14.9 Å².